The summed E-state index contributed by atoms with van der Waals surface area (Å²) < 4.78 is 22.4. The van der Waals surface area contributed by atoms with Crippen LogP contribution in [0.3, 0.4) is 0 Å². The molecule has 102 valence electrons. The van der Waals surface area contributed by atoms with Gasteiger partial charge in [0.1, 0.15) is 27.3 Å². The molecule has 1 atom stereocenters. The van der Waals surface area contributed by atoms with Gasteiger partial charge in [-0.15, -0.1) is 0 Å². The first-order valence-corrected chi connectivity index (χ1v) is 7.90. The van der Waals surface area contributed by atoms with E-state index in [4.69, 9.17) is 0 Å². The lowest BCUT2D eigenvalue weighted by atomic mass is 10.4. The monoisotopic (exact) mass is 272 g/mol. The highest BCUT2D eigenvalue weighted by molar-refractivity contribution is 7.90. The summed E-state index contributed by atoms with van der Waals surface area (Å²) in [5, 5.41) is 6.17. The molecule has 0 aromatic carbocycles. The second-order valence-electron chi connectivity index (χ2n) is 4.35. The molecule has 0 amide bonds. The first kappa shape index (κ1) is 14.7. The lowest BCUT2D eigenvalue weighted by molar-refractivity contribution is 0.598. The summed E-state index contributed by atoms with van der Waals surface area (Å²) in [6.45, 7) is 6.37. The van der Waals surface area contributed by atoms with E-state index < -0.39 is 9.84 Å². The lowest BCUT2D eigenvalue weighted by Gasteiger charge is -2.14. The Morgan fingerprint density at radius 1 is 1.33 bits per heavy atom. The van der Waals surface area contributed by atoms with Gasteiger partial charge in [0, 0.05) is 24.9 Å². The fraction of sp³-hybridized carbons (Fsp3) is 0.636. The van der Waals surface area contributed by atoms with E-state index >= 15 is 0 Å². The summed E-state index contributed by atoms with van der Waals surface area (Å²) in [4.78, 5) is 8.45. The summed E-state index contributed by atoms with van der Waals surface area (Å²) >= 11 is 0. The molecule has 18 heavy (non-hydrogen) atoms. The molecule has 0 aliphatic heterocycles. The number of anilines is 2. The van der Waals surface area contributed by atoms with Crippen molar-refractivity contribution < 1.29 is 8.42 Å². The zero-order valence-corrected chi connectivity index (χ0v) is 12.0. The van der Waals surface area contributed by atoms with Crippen molar-refractivity contribution in [3.8, 4) is 0 Å². The molecule has 1 aromatic rings. The SMILES string of the molecule is CCNc1cc(NC(C)CS(C)(=O)=O)nc(C)n1. The van der Waals surface area contributed by atoms with Crippen molar-refractivity contribution in [3.05, 3.63) is 11.9 Å². The average Bonchev–Trinajstić information content (AvgIpc) is 2.12. The maximum atomic E-state index is 11.2. The second kappa shape index (κ2) is 5.99. The first-order valence-electron chi connectivity index (χ1n) is 5.84. The maximum absolute atomic E-state index is 11.2. The van der Waals surface area contributed by atoms with Crippen molar-refractivity contribution in [2.24, 2.45) is 0 Å². The van der Waals surface area contributed by atoms with E-state index in [1.54, 1.807) is 13.0 Å². The largest absolute Gasteiger partial charge is 0.370 e. The van der Waals surface area contributed by atoms with Crippen LogP contribution in [-0.4, -0.2) is 43.0 Å². The summed E-state index contributed by atoms with van der Waals surface area (Å²) in [7, 11) is -3.00. The van der Waals surface area contributed by atoms with Gasteiger partial charge in [0.25, 0.3) is 0 Å². The highest BCUT2D eigenvalue weighted by atomic mass is 32.2. The molecular formula is C11H20N4O2S. The van der Waals surface area contributed by atoms with Crippen LogP contribution < -0.4 is 10.6 Å². The van der Waals surface area contributed by atoms with Gasteiger partial charge in [-0.1, -0.05) is 0 Å². The molecule has 7 heteroatoms. The van der Waals surface area contributed by atoms with Crippen molar-refractivity contribution in [2.45, 2.75) is 26.8 Å². The maximum Gasteiger partial charge on any atom is 0.149 e. The van der Waals surface area contributed by atoms with Crippen molar-refractivity contribution in [1.82, 2.24) is 9.97 Å². The minimum Gasteiger partial charge on any atom is -0.370 e. The lowest BCUT2D eigenvalue weighted by Crippen LogP contribution is -2.25. The van der Waals surface area contributed by atoms with Gasteiger partial charge >= 0.3 is 0 Å². The third kappa shape index (κ3) is 5.31. The number of nitrogens with one attached hydrogen (secondary N) is 2. The van der Waals surface area contributed by atoms with Crippen LogP contribution in [0.15, 0.2) is 6.07 Å². The predicted octanol–water partition coefficient (Wildman–Crippen LogP) is 1.06. The van der Waals surface area contributed by atoms with Gasteiger partial charge in [-0.05, 0) is 20.8 Å². The number of rotatable bonds is 6. The van der Waals surface area contributed by atoms with Crippen molar-refractivity contribution in [1.29, 1.82) is 0 Å². The van der Waals surface area contributed by atoms with Gasteiger partial charge in [-0.25, -0.2) is 18.4 Å². The van der Waals surface area contributed by atoms with Gasteiger partial charge in [0.05, 0.1) is 5.75 Å². The third-order valence-electron chi connectivity index (χ3n) is 2.14. The predicted molar refractivity (Wildman–Crippen MR) is 73.7 cm³/mol. The topological polar surface area (TPSA) is 84.0 Å². The Bertz CT molecular complexity index is 502. The van der Waals surface area contributed by atoms with E-state index in [0.717, 1.165) is 12.4 Å². The Kier molecular flexibility index (Phi) is 4.89. The number of aromatic nitrogens is 2. The van der Waals surface area contributed by atoms with Gasteiger partial charge in [0.2, 0.25) is 0 Å². The molecule has 0 spiro atoms. The van der Waals surface area contributed by atoms with Crippen LogP contribution in [-0.2, 0) is 9.84 Å². The molecule has 0 saturated carbocycles. The summed E-state index contributed by atoms with van der Waals surface area (Å²) in [6.07, 6.45) is 1.22. The minimum absolute atomic E-state index is 0.0760. The molecule has 6 nitrogen and oxygen atoms in total. The van der Waals surface area contributed by atoms with Crippen molar-refractivity contribution in [2.75, 3.05) is 29.2 Å². The van der Waals surface area contributed by atoms with Crippen molar-refractivity contribution in [3.63, 3.8) is 0 Å². The number of sulfone groups is 1. The molecule has 0 radical (unpaired) electrons. The molecular weight excluding hydrogens is 252 g/mol. The van der Waals surface area contributed by atoms with Crippen LogP contribution in [0.25, 0.3) is 0 Å². The van der Waals surface area contributed by atoms with E-state index in [1.165, 1.54) is 6.26 Å². The van der Waals surface area contributed by atoms with E-state index in [1.807, 2.05) is 13.8 Å². The van der Waals surface area contributed by atoms with Gasteiger partial charge in [-0.2, -0.15) is 0 Å². The minimum atomic E-state index is -3.00. The van der Waals surface area contributed by atoms with E-state index in [-0.39, 0.29) is 11.8 Å². The molecule has 0 saturated heterocycles. The molecule has 2 N–H and O–H groups in total. The number of aryl methyl sites for hydroxylation is 1. The fourth-order valence-electron chi connectivity index (χ4n) is 1.66. The summed E-state index contributed by atoms with van der Waals surface area (Å²) in [5.74, 6) is 2.09. The average molecular weight is 272 g/mol. The number of hydrogen-bond donors (Lipinski definition) is 2. The molecule has 1 heterocycles. The third-order valence-corrected chi connectivity index (χ3v) is 3.25. The normalized spacial score (nSPS) is 13.1. The molecule has 0 bridgehead atoms. The van der Waals surface area contributed by atoms with Crippen LogP contribution in [0.5, 0.6) is 0 Å². The summed E-state index contributed by atoms with van der Waals surface area (Å²) in [6, 6.07) is 1.58. The van der Waals surface area contributed by atoms with Crippen LogP contribution in [0, 0.1) is 6.92 Å². The van der Waals surface area contributed by atoms with Crippen LogP contribution in [0.4, 0.5) is 11.6 Å². The molecule has 1 rings (SSSR count). The Labute approximate surface area is 108 Å². The number of hydrogen-bond acceptors (Lipinski definition) is 6. The zero-order chi connectivity index (χ0) is 13.8. The molecule has 0 fully saturated rings. The van der Waals surface area contributed by atoms with E-state index in [9.17, 15) is 8.42 Å². The van der Waals surface area contributed by atoms with Crippen LogP contribution in [0.2, 0.25) is 0 Å². The summed E-state index contributed by atoms with van der Waals surface area (Å²) in [5.41, 5.74) is 0. The Hall–Kier alpha value is -1.37. The van der Waals surface area contributed by atoms with E-state index in [2.05, 4.69) is 20.6 Å². The second-order valence-corrected chi connectivity index (χ2v) is 6.54. The molecule has 1 unspecified atom stereocenters. The molecule has 1 aromatic heterocycles. The van der Waals surface area contributed by atoms with Gasteiger partial charge < -0.3 is 10.6 Å². The zero-order valence-electron chi connectivity index (χ0n) is 11.2. The fourth-order valence-corrected chi connectivity index (χ4v) is 2.65. The first-order chi connectivity index (χ1) is 8.30. The van der Waals surface area contributed by atoms with Gasteiger partial charge in [0.15, 0.2) is 0 Å². The molecule has 0 aliphatic rings. The Balaban J connectivity index is 2.77. The Morgan fingerprint density at radius 3 is 2.50 bits per heavy atom. The smallest absolute Gasteiger partial charge is 0.149 e. The highest BCUT2D eigenvalue weighted by Crippen LogP contribution is 2.12. The highest BCUT2D eigenvalue weighted by Gasteiger charge is 2.11. The quantitative estimate of drug-likeness (QED) is 0.805. The standard InChI is InChI=1S/C11H20N4O2S/c1-5-12-10-6-11(15-9(3)14-10)13-8(2)7-18(4,16)17/h6,8H,5,7H2,1-4H3,(H2,12,13,14,15). The van der Waals surface area contributed by atoms with Crippen LogP contribution >= 0.6 is 0 Å². The molecule has 0 aliphatic carbocycles. The van der Waals surface area contributed by atoms with E-state index in [0.29, 0.717) is 11.6 Å². The van der Waals surface area contributed by atoms with Crippen LogP contribution in [0.1, 0.15) is 19.7 Å². The Morgan fingerprint density at radius 2 is 1.94 bits per heavy atom. The number of nitrogens with zero attached hydrogens (tertiary/aromatic N) is 2. The van der Waals surface area contributed by atoms with Gasteiger partial charge in [-0.3, -0.25) is 0 Å². The van der Waals surface area contributed by atoms with Crippen molar-refractivity contribution >= 4 is 21.5 Å².